The number of carbonyl (C=O) groups is 1. The van der Waals surface area contributed by atoms with Crippen molar-refractivity contribution < 1.29 is 9.90 Å². The molecule has 0 radical (unpaired) electrons. The van der Waals surface area contributed by atoms with E-state index in [4.69, 9.17) is 0 Å². The Bertz CT molecular complexity index is 494. The zero-order valence-corrected chi connectivity index (χ0v) is 13.7. The van der Waals surface area contributed by atoms with Crippen LogP contribution in [0.15, 0.2) is 17.0 Å². The predicted molar refractivity (Wildman–Crippen MR) is 85.8 cm³/mol. The maximum atomic E-state index is 12.2. The Labute approximate surface area is 132 Å². The molecule has 0 spiro atoms. The summed E-state index contributed by atoms with van der Waals surface area (Å²) in [6.45, 7) is 6.47. The van der Waals surface area contributed by atoms with Gasteiger partial charge in [-0.2, -0.15) is 0 Å². The standard InChI is InChI=1S/C13H20N4O2S2/c1-3-5-6-8-20-12-15-14-11(21-12)17-10(18)9-16(7-4-2)13(17)19/h4,10,18H,2-3,5-9H2,1H3. The molecule has 0 bridgehead atoms. The summed E-state index contributed by atoms with van der Waals surface area (Å²) in [4.78, 5) is 15.0. The molecule has 1 N–H and O–H groups in total. The Kier molecular flexibility index (Phi) is 6.01. The molecule has 6 nitrogen and oxygen atoms in total. The molecule has 1 atom stereocenters. The number of anilines is 1. The molecule has 2 heterocycles. The summed E-state index contributed by atoms with van der Waals surface area (Å²) in [5.41, 5.74) is 0. The summed E-state index contributed by atoms with van der Waals surface area (Å²) in [7, 11) is 0. The lowest BCUT2D eigenvalue weighted by Crippen LogP contribution is -2.34. The Morgan fingerprint density at radius 2 is 2.33 bits per heavy atom. The van der Waals surface area contributed by atoms with E-state index in [-0.39, 0.29) is 12.6 Å². The first kappa shape index (κ1) is 16.3. The molecular formula is C13H20N4O2S2. The number of carbonyl (C=O) groups excluding carboxylic acids is 1. The highest BCUT2D eigenvalue weighted by atomic mass is 32.2. The molecule has 0 aromatic carbocycles. The molecule has 116 valence electrons. The van der Waals surface area contributed by atoms with Crippen LogP contribution in [-0.2, 0) is 0 Å². The van der Waals surface area contributed by atoms with Crippen LogP contribution in [-0.4, -0.2) is 51.3 Å². The molecule has 0 aliphatic carbocycles. The van der Waals surface area contributed by atoms with Gasteiger partial charge in [0, 0.05) is 12.3 Å². The minimum Gasteiger partial charge on any atom is -0.371 e. The third kappa shape index (κ3) is 3.96. The van der Waals surface area contributed by atoms with Crippen LogP contribution in [0.4, 0.5) is 9.93 Å². The van der Waals surface area contributed by atoms with Crippen molar-refractivity contribution in [3.05, 3.63) is 12.7 Å². The van der Waals surface area contributed by atoms with Crippen LogP contribution in [0, 0.1) is 0 Å². The van der Waals surface area contributed by atoms with Gasteiger partial charge in [0.2, 0.25) is 5.13 Å². The highest BCUT2D eigenvalue weighted by Crippen LogP contribution is 2.32. The van der Waals surface area contributed by atoms with E-state index in [1.165, 1.54) is 34.0 Å². The van der Waals surface area contributed by atoms with Gasteiger partial charge in [0.25, 0.3) is 0 Å². The molecule has 1 saturated heterocycles. The van der Waals surface area contributed by atoms with E-state index in [2.05, 4.69) is 23.7 Å². The lowest BCUT2D eigenvalue weighted by molar-refractivity contribution is 0.180. The van der Waals surface area contributed by atoms with E-state index in [0.29, 0.717) is 11.7 Å². The number of unbranched alkanes of at least 4 members (excludes halogenated alkanes) is 2. The van der Waals surface area contributed by atoms with Crippen LogP contribution in [0.1, 0.15) is 26.2 Å². The number of β-amino-alcohol motifs (C(OH)–C–C–N with tert-alkyl or cyclic N) is 1. The smallest absolute Gasteiger partial charge is 0.329 e. The van der Waals surface area contributed by atoms with Crippen molar-refractivity contribution in [3.8, 4) is 0 Å². The Hall–Kier alpha value is -1.12. The van der Waals surface area contributed by atoms with Gasteiger partial charge in [0.05, 0.1) is 6.54 Å². The monoisotopic (exact) mass is 328 g/mol. The van der Waals surface area contributed by atoms with Crippen molar-refractivity contribution in [1.82, 2.24) is 15.1 Å². The summed E-state index contributed by atoms with van der Waals surface area (Å²) >= 11 is 3.00. The number of thioether (sulfide) groups is 1. The second-order valence-corrected chi connectivity index (χ2v) is 7.03. The first-order valence-electron chi connectivity index (χ1n) is 7.00. The molecular weight excluding hydrogens is 308 g/mol. The van der Waals surface area contributed by atoms with Crippen molar-refractivity contribution in [3.63, 3.8) is 0 Å². The second kappa shape index (κ2) is 7.77. The normalized spacial score (nSPS) is 18.6. The van der Waals surface area contributed by atoms with Gasteiger partial charge >= 0.3 is 6.03 Å². The van der Waals surface area contributed by atoms with Gasteiger partial charge in [0.15, 0.2) is 10.6 Å². The fraction of sp³-hybridized carbons (Fsp3) is 0.615. The molecule has 21 heavy (non-hydrogen) atoms. The highest BCUT2D eigenvalue weighted by molar-refractivity contribution is 8.01. The molecule has 2 rings (SSSR count). The molecule has 8 heteroatoms. The SMILES string of the molecule is C=CCN1CC(O)N(c2nnc(SCCCCC)s2)C1=O. The number of amides is 2. The lowest BCUT2D eigenvalue weighted by atomic mass is 10.3. The molecule has 1 aromatic rings. The molecule has 1 unspecified atom stereocenters. The van der Waals surface area contributed by atoms with E-state index in [0.717, 1.165) is 16.5 Å². The van der Waals surface area contributed by atoms with Crippen LogP contribution in [0.2, 0.25) is 0 Å². The third-order valence-electron chi connectivity index (χ3n) is 3.08. The summed E-state index contributed by atoms with van der Waals surface area (Å²) in [6.07, 6.45) is 4.31. The van der Waals surface area contributed by atoms with Crippen LogP contribution >= 0.6 is 23.1 Å². The van der Waals surface area contributed by atoms with Crippen molar-refractivity contribution in [2.24, 2.45) is 0 Å². The molecule has 1 aliphatic heterocycles. The molecule has 1 fully saturated rings. The summed E-state index contributed by atoms with van der Waals surface area (Å²) < 4.78 is 0.836. The van der Waals surface area contributed by atoms with Gasteiger partial charge in [-0.25, -0.2) is 9.69 Å². The molecule has 0 saturated carbocycles. The van der Waals surface area contributed by atoms with Gasteiger partial charge in [-0.15, -0.1) is 16.8 Å². The Balaban J connectivity index is 1.97. The van der Waals surface area contributed by atoms with Crippen LogP contribution < -0.4 is 4.90 Å². The maximum absolute atomic E-state index is 12.2. The number of nitrogens with zero attached hydrogens (tertiary/aromatic N) is 4. The first-order chi connectivity index (χ1) is 10.2. The summed E-state index contributed by atoms with van der Waals surface area (Å²) in [6, 6.07) is -0.249. The van der Waals surface area contributed by atoms with E-state index >= 15 is 0 Å². The number of urea groups is 1. The van der Waals surface area contributed by atoms with Crippen molar-refractivity contribution >= 4 is 34.3 Å². The zero-order valence-electron chi connectivity index (χ0n) is 12.1. The fourth-order valence-electron chi connectivity index (χ4n) is 2.02. The first-order valence-corrected chi connectivity index (χ1v) is 8.81. The average Bonchev–Trinajstić information content (AvgIpc) is 3.01. The van der Waals surface area contributed by atoms with Gasteiger partial charge in [-0.1, -0.05) is 48.9 Å². The maximum Gasteiger partial charge on any atom is 0.329 e. The number of aliphatic hydroxyl groups excluding tert-OH is 1. The number of aromatic nitrogens is 2. The quantitative estimate of drug-likeness (QED) is 0.344. The van der Waals surface area contributed by atoms with E-state index in [1.54, 1.807) is 17.8 Å². The van der Waals surface area contributed by atoms with Crippen LogP contribution in [0.5, 0.6) is 0 Å². The zero-order chi connectivity index (χ0) is 15.2. The van der Waals surface area contributed by atoms with E-state index in [9.17, 15) is 9.90 Å². The lowest BCUT2D eigenvalue weighted by Gasteiger charge is -2.15. The molecule has 1 aliphatic rings. The average molecular weight is 328 g/mol. The fourth-order valence-corrected chi connectivity index (χ4v) is 3.97. The third-order valence-corrected chi connectivity index (χ3v) is 5.23. The Morgan fingerprint density at radius 1 is 1.52 bits per heavy atom. The van der Waals surface area contributed by atoms with Gasteiger partial charge in [-0.05, 0) is 6.42 Å². The van der Waals surface area contributed by atoms with Crippen molar-refractivity contribution in [2.75, 3.05) is 23.7 Å². The van der Waals surface area contributed by atoms with Crippen LogP contribution in [0.25, 0.3) is 0 Å². The van der Waals surface area contributed by atoms with Gasteiger partial charge < -0.3 is 10.0 Å². The van der Waals surface area contributed by atoms with E-state index in [1.807, 2.05) is 0 Å². The summed E-state index contributed by atoms with van der Waals surface area (Å²) in [5.74, 6) is 1.00. The van der Waals surface area contributed by atoms with Crippen LogP contribution in [0.3, 0.4) is 0 Å². The van der Waals surface area contributed by atoms with Gasteiger partial charge in [0.1, 0.15) is 0 Å². The minimum atomic E-state index is -0.872. The number of hydrogen-bond donors (Lipinski definition) is 1. The van der Waals surface area contributed by atoms with Gasteiger partial charge in [-0.3, -0.25) is 0 Å². The largest absolute Gasteiger partial charge is 0.371 e. The second-order valence-electron chi connectivity index (χ2n) is 4.73. The summed E-state index contributed by atoms with van der Waals surface area (Å²) in [5, 5.41) is 18.6. The number of aliphatic hydroxyl groups is 1. The van der Waals surface area contributed by atoms with Crippen molar-refractivity contribution in [2.45, 2.75) is 36.8 Å². The predicted octanol–water partition coefficient (Wildman–Crippen LogP) is 2.57. The number of hydrogen-bond acceptors (Lipinski definition) is 6. The van der Waals surface area contributed by atoms with Crippen molar-refractivity contribution in [1.29, 1.82) is 0 Å². The molecule has 2 amide bonds. The Morgan fingerprint density at radius 3 is 3.05 bits per heavy atom. The minimum absolute atomic E-state index is 0.249. The topological polar surface area (TPSA) is 69.6 Å². The molecule has 1 aromatic heterocycles. The number of rotatable bonds is 8. The highest BCUT2D eigenvalue weighted by Gasteiger charge is 2.38. The van der Waals surface area contributed by atoms with E-state index < -0.39 is 6.23 Å².